The highest BCUT2D eigenvalue weighted by atomic mass is 32.2. The van der Waals surface area contributed by atoms with Crippen molar-refractivity contribution >= 4 is 27.1 Å². The van der Waals surface area contributed by atoms with Crippen LogP contribution >= 0.6 is 0 Å². The maximum absolute atomic E-state index is 13.2. The highest BCUT2D eigenvalue weighted by Crippen LogP contribution is 2.24. The van der Waals surface area contributed by atoms with E-state index in [0.29, 0.717) is 23.4 Å². The van der Waals surface area contributed by atoms with E-state index >= 15 is 0 Å². The third kappa shape index (κ3) is 5.66. The minimum atomic E-state index is -3.38. The Morgan fingerprint density at radius 1 is 1.08 bits per heavy atom. The molecule has 188 valence electrons. The fourth-order valence-electron chi connectivity index (χ4n) is 4.27. The number of imidazole rings is 1. The molecule has 2 aromatic heterocycles. The molecule has 0 unspecified atom stereocenters. The molecule has 36 heavy (non-hydrogen) atoms. The van der Waals surface area contributed by atoms with Crippen molar-refractivity contribution in [2.45, 2.75) is 38.6 Å². The number of nitrogens with one attached hydrogen (secondary N) is 1. The van der Waals surface area contributed by atoms with Crippen LogP contribution in [-0.4, -0.2) is 48.0 Å². The number of aryl methyl sites for hydroxylation is 1. The van der Waals surface area contributed by atoms with Crippen molar-refractivity contribution in [3.05, 3.63) is 83.7 Å². The van der Waals surface area contributed by atoms with E-state index in [1.165, 1.54) is 12.3 Å². The monoisotopic (exact) mass is 504 g/mol. The zero-order chi connectivity index (χ0) is 25.9. The molecule has 0 saturated heterocycles. The number of hydrogen-bond acceptors (Lipinski definition) is 5. The molecule has 0 aliphatic carbocycles. The quantitative estimate of drug-likeness (QED) is 0.339. The van der Waals surface area contributed by atoms with Crippen LogP contribution in [0.3, 0.4) is 0 Å². The average molecular weight is 505 g/mol. The number of carbonyl (C=O) groups excluding carboxylic acids is 1. The van der Waals surface area contributed by atoms with E-state index in [0.717, 1.165) is 42.0 Å². The van der Waals surface area contributed by atoms with Crippen molar-refractivity contribution in [1.82, 2.24) is 14.3 Å². The van der Waals surface area contributed by atoms with Gasteiger partial charge in [0.05, 0.1) is 10.6 Å². The summed E-state index contributed by atoms with van der Waals surface area (Å²) in [6.45, 7) is 8.36. The van der Waals surface area contributed by atoms with Gasteiger partial charge in [0.2, 0.25) is 0 Å². The Balaban J connectivity index is 1.58. The van der Waals surface area contributed by atoms with E-state index in [2.05, 4.69) is 24.1 Å². The zero-order valence-electron chi connectivity index (χ0n) is 21.2. The van der Waals surface area contributed by atoms with E-state index in [-0.39, 0.29) is 10.8 Å². The van der Waals surface area contributed by atoms with Gasteiger partial charge in [-0.25, -0.2) is 13.4 Å². The van der Waals surface area contributed by atoms with E-state index in [9.17, 15) is 13.2 Å². The standard InChI is InChI=1S/C28H32N4O3S/c1-5-15-31(6-2)18-22-17-24(36(4,34)35)13-14-25(22)28(33)29-23-11-9-21(10-12-23)26-19-32-16-7-8-20(3)27(32)30-26/h7-14,16-17,19H,5-6,15,18H2,1-4H3,(H,29,33). The van der Waals surface area contributed by atoms with E-state index in [1.54, 1.807) is 12.1 Å². The van der Waals surface area contributed by atoms with Crippen molar-refractivity contribution in [2.24, 2.45) is 0 Å². The third-order valence-electron chi connectivity index (χ3n) is 6.25. The van der Waals surface area contributed by atoms with Crippen LogP contribution in [0.1, 0.15) is 41.8 Å². The van der Waals surface area contributed by atoms with Gasteiger partial charge in [-0.05, 0) is 74.0 Å². The summed E-state index contributed by atoms with van der Waals surface area (Å²) in [6, 6.07) is 16.3. The van der Waals surface area contributed by atoms with Crippen molar-refractivity contribution in [3.8, 4) is 11.3 Å². The SMILES string of the molecule is CCCN(CC)Cc1cc(S(C)(=O)=O)ccc1C(=O)Nc1ccc(-c2cn3cccc(C)c3n2)cc1. The molecule has 2 aromatic carbocycles. The largest absolute Gasteiger partial charge is 0.322 e. The highest BCUT2D eigenvalue weighted by Gasteiger charge is 2.18. The Bertz CT molecular complexity index is 1490. The summed E-state index contributed by atoms with van der Waals surface area (Å²) in [7, 11) is -3.38. The molecule has 0 aliphatic rings. The van der Waals surface area contributed by atoms with Gasteiger partial charge in [-0.15, -0.1) is 0 Å². The second-order valence-electron chi connectivity index (χ2n) is 9.04. The third-order valence-corrected chi connectivity index (χ3v) is 7.36. The normalized spacial score (nSPS) is 11.8. The first kappa shape index (κ1) is 25.6. The molecule has 4 aromatic rings. The number of carbonyl (C=O) groups is 1. The number of nitrogens with zero attached hydrogens (tertiary/aromatic N) is 3. The molecule has 4 rings (SSSR count). The molecular weight excluding hydrogens is 472 g/mol. The summed E-state index contributed by atoms with van der Waals surface area (Å²) in [5.74, 6) is -0.270. The summed E-state index contributed by atoms with van der Waals surface area (Å²) in [4.78, 5) is 20.4. The predicted molar refractivity (Wildman–Crippen MR) is 144 cm³/mol. The number of pyridine rings is 1. The summed E-state index contributed by atoms with van der Waals surface area (Å²) in [5.41, 5.74) is 5.65. The summed E-state index contributed by atoms with van der Waals surface area (Å²) < 4.78 is 26.3. The van der Waals surface area contributed by atoms with Crippen LogP contribution in [0, 0.1) is 6.92 Å². The maximum Gasteiger partial charge on any atom is 0.255 e. The van der Waals surface area contributed by atoms with Gasteiger partial charge in [0.15, 0.2) is 9.84 Å². The topological polar surface area (TPSA) is 83.8 Å². The highest BCUT2D eigenvalue weighted by molar-refractivity contribution is 7.90. The minimum absolute atomic E-state index is 0.216. The molecule has 0 atom stereocenters. The number of aromatic nitrogens is 2. The smallest absolute Gasteiger partial charge is 0.255 e. The number of benzene rings is 2. The number of amides is 1. The van der Waals surface area contributed by atoms with Gasteiger partial charge >= 0.3 is 0 Å². The molecule has 2 heterocycles. The first-order chi connectivity index (χ1) is 17.2. The lowest BCUT2D eigenvalue weighted by molar-refractivity contribution is 0.102. The van der Waals surface area contributed by atoms with Gasteiger partial charge in [0.25, 0.3) is 5.91 Å². The fourth-order valence-corrected chi connectivity index (χ4v) is 4.95. The number of rotatable bonds is 9. The van der Waals surface area contributed by atoms with E-state index in [4.69, 9.17) is 4.98 Å². The van der Waals surface area contributed by atoms with Crippen LogP contribution in [0.15, 0.2) is 71.9 Å². The van der Waals surface area contributed by atoms with Gasteiger partial charge in [0.1, 0.15) is 5.65 Å². The lowest BCUT2D eigenvalue weighted by atomic mass is 10.1. The number of sulfone groups is 1. The Morgan fingerprint density at radius 2 is 1.83 bits per heavy atom. The van der Waals surface area contributed by atoms with Gasteiger partial charge in [-0.2, -0.15) is 0 Å². The Kier molecular flexibility index (Phi) is 7.56. The molecule has 0 bridgehead atoms. The Labute approximate surface area is 212 Å². The molecule has 0 radical (unpaired) electrons. The summed E-state index contributed by atoms with van der Waals surface area (Å²) >= 11 is 0. The van der Waals surface area contributed by atoms with Gasteiger partial charge in [-0.1, -0.05) is 32.0 Å². The maximum atomic E-state index is 13.2. The second kappa shape index (κ2) is 10.6. The molecule has 1 N–H and O–H groups in total. The molecule has 1 amide bonds. The summed E-state index contributed by atoms with van der Waals surface area (Å²) in [5, 5.41) is 2.96. The lowest BCUT2D eigenvalue weighted by Crippen LogP contribution is -2.26. The lowest BCUT2D eigenvalue weighted by Gasteiger charge is -2.21. The summed E-state index contributed by atoms with van der Waals surface area (Å²) in [6.07, 6.45) is 6.11. The van der Waals surface area contributed by atoms with Gasteiger partial charge < -0.3 is 9.72 Å². The number of hydrogen-bond donors (Lipinski definition) is 1. The molecule has 0 aliphatic heterocycles. The van der Waals surface area contributed by atoms with Crippen molar-refractivity contribution < 1.29 is 13.2 Å². The molecule has 0 spiro atoms. The van der Waals surface area contributed by atoms with Crippen LogP contribution < -0.4 is 5.32 Å². The number of fused-ring (bicyclic) bond motifs is 1. The molecule has 7 nitrogen and oxygen atoms in total. The van der Waals surface area contributed by atoms with E-state index in [1.807, 2.05) is 60.1 Å². The first-order valence-corrected chi connectivity index (χ1v) is 14.0. The fraction of sp³-hybridized carbons (Fsp3) is 0.286. The van der Waals surface area contributed by atoms with Crippen LogP contribution in [0.25, 0.3) is 16.9 Å². The van der Waals surface area contributed by atoms with Crippen molar-refractivity contribution in [3.63, 3.8) is 0 Å². The van der Waals surface area contributed by atoms with Crippen LogP contribution in [0.2, 0.25) is 0 Å². The van der Waals surface area contributed by atoms with Crippen LogP contribution in [-0.2, 0) is 16.4 Å². The van der Waals surface area contributed by atoms with Crippen molar-refractivity contribution in [2.75, 3.05) is 24.7 Å². The van der Waals surface area contributed by atoms with Crippen LogP contribution in [0.4, 0.5) is 5.69 Å². The van der Waals surface area contributed by atoms with Crippen LogP contribution in [0.5, 0.6) is 0 Å². The van der Waals surface area contributed by atoms with Gasteiger partial charge in [0, 0.05) is 42.0 Å². The minimum Gasteiger partial charge on any atom is -0.322 e. The van der Waals surface area contributed by atoms with Crippen molar-refractivity contribution in [1.29, 1.82) is 0 Å². The molecular formula is C28H32N4O3S. The molecule has 8 heteroatoms. The molecule has 0 saturated carbocycles. The predicted octanol–water partition coefficient (Wildman–Crippen LogP) is 5.20. The average Bonchev–Trinajstić information content (AvgIpc) is 3.29. The number of anilines is 1. The van der Waals surface area contributed by atoms with E-state index < -0.39 is 9.84 Å². The Morgan fingerprint density at radius 3 is 2.47 bits per heavy atom. The molecule has 0 fully saturated rings. The Hall–Kier alpha value is -3.49. The zero-order valence-corrected chi connectivity index (χ0v) is 22.0. The van der Waals surface area contributed by atoms with Gasteiger partial charge in [-0.3, -0.25) is 9.69 Å². The second-order valence-corrected chi connectivity index (χ2v) is 11.1. The first-order valence-electron chi connectivity index (χ1n) is 12.1.